The highest BCUT2D eigenvalue weighted by Crippen LogP contribution is 2.33. The maximum atomic E-state index is 12.3. The summed E-state index contributed by atoms with van der Waals surface area (Å²) in [6, 6.07) is 8.18. The molecule has 7 heteroatoms. The summed E-state index contributed by atoms with van der Waals surface area (Å²) in [5.74, 6) is -0.673. The van der Waals surface area contributed by atoms with E-state index in [1.807, 2.05) is 6.07 Å². The maximum absolute atomic E-state index is 12.3. The molecule has 1 amide bonds. The largest absolute Gasteiger partial charge is 0.465 e. The molecule has 0 fully saturated rings. The van der Waals surface area contributed by atoms with Crippen LogP contribution in [-0.4, -0.2) is 31.6 Å². The third-order valence-electron chi connectivity index (χ3n) is 4.89. The van der Waals surface area contributed by atoms with Gasteiger partial charge in [-0.2, -0.15) is 0 Å². The van der Waals surface area contributed by atoms with Gasteiger partial charge in [-0.3, -0.25) is 4.79 Å². The predicted molar refractivity (Wildman–Crippen MR) is 107 cm³/mol. The molecule has 0 saturated carbocycles. The van der Waals surface area contributed by atoms with Gasteiger partial charge in [-0.15, -0.1) is 11.3 Å². The number of carbonyl (C=O) groups excluding carboxylic acids is 3. The highest BCUT2D eigenvalue weighted by Gasteiger charge is 2.23. The quantitative estimate of drug-likeness (QED) is 0.744. The van der Waals surface area contributed by atoms with E-state index in [1.165, 1.54) is 28.9 Å². The topological polar surface area (TPSA) is 81.7 Å². The van der Waals surface area contributed by atoms with Crippen LogP contribution in [0.25, 0.3) is 0 Å². The standard InChI is InChI=1S/C21H23NO5S/c1-3-13-4-9-17-15(10-13)11-18(28-17)21(25)27-12-19(23)22-16-7-5-14(6-8-16)20(24)26-2/h5-8,11,13H,3-4,9-10,12H2,1-2H3,(H,22,23)/t13-/m0/s1. The first-order valence-electron chi connectivity index (χ1n) is 9.27. The van der Waals surface area contributed by atoms with Crippen LogP contribution in [0.2, 0.25) is 0 Å². The first kappa shape index (κ1) is 20.1. The van der Waals surface area contributed by atoms with Gasteiger partial charge in [0.15, 0.2) is 6.61 Å². The van der Waals surface area contributed by atoms with Gasteiger partial charge < -0.3 is 14.8 Å². The van der Waals surface area contributed by atoms with Crippen molar-refractivity contribution in [1.82, 2.24) is 0 Å². The number of nitrogens with one attached hydrogen (secondary N) is 1. The summed E-state index contributed by atoms with van der Waals surface area (Å²) in [6.07, 6.45) is 4.33. The second kappa shape index (κ2) is 9.01. The van der Waals surface area contributed by atoms with Crippen molar-refractivity contribution in [2.75, 3.05) is 19.0 Å². The molecule has 2 aromatic rings. The fourth-order valence-corrected chi connectivity index (χ4v) is 4.36. The Morgan fingerprint density at radius 1 is 1.18 bits per heavy atom. The maximum Gasteiger partial charge on any atom is 0.348 e. The third kappa shape index (κ3) is 4.78. The Labute approximate surface area is 167 Å². The molecule has 0 radical (unpaired) electrons. The lowest BCUT2D eigenvalue weighted by atomic mass is 9.87. The van der Waals surface area contributed by atoms with Crippen LogP contribution in [0, 0.1) is 5.92 Å². The number of aryl methyl sites for hydroxylation is 1. The average Bonchev–Trinajstić information content (AvgIpc) is 3.15. The molecule has 1 aromatic carbocycles. The van der Waals surface area contributed by atoms with Crippen LogP contribution in [0.1, 0.15) is 50.2 Å². The number of fused-ring (bicyclic) bond motifs is 1. The van der Waals surface area contributed by atoms with Crippen molar-refractivity contribution >= 4 is 34.9 Å². The Balaban J connectivity index is 1.51. The van der Waals surface area contributed by atoms with E-state index in [-0.39, 0.29) is 6.61 Å². The first-order chi connectivity index (χ1) is 13.5. The Bertz CT molecular complexity index is 871. The minimum atomic E-state index is -0.469. The van der Waals surface area contributed by atoms with E-state index >= 15 is 0 Å². The molecule has 1 aromatic heterocycles. The zero-order valence-corrected chi connectivity index (χ0v) is 16.8. The zero-order valence-electron chi connectivity index (χ0n) is 15.9. The summed E-state index contributed by atoms with van der Waals surface area (Å²) < 4.78 is 9.78. The molecule has 148 valence electrons. The van der Waals surface area contributed by atoms with Crippen LogP contribution in [0.15, 0.2) is 30.3 Å². The molecule has 0 saturated heterocycles. The van der Waals surface area contributed by atoms with Crippen molar-refractivity contribution in [3.63, 3.8) is 0 Å². The van der Waals surface area contributed by atoms with Crippen LogP contribution in [0.5, 0.6) is 0 Å². The lowest BCUT2D eigenvalue weighted by molar-refractivity contribution is -0.119. The smallest absolute Gasteiger partial charge is 0.348 e. The van der Waals surface area contributed by atoms with Gasteiger partial charge in [0.2, 0.25) is 0 Å². The third-order valence-corrected chi connectivity index (χ3v) is 6.10. The summed E-state index contributed by atoms with van der Waals surface area (Å²) in [7, 11) is 1.30. The minimum Gasteiger partial charge on any atom is -0.465 e. The molecule has 0 unspecified atom stereocenters. The Morgan fingerprint density at radius 2 is 1.93 bits per heavy atom. The number of rotatable bonds is 6. The predicted octanol–water partition coefficient (Wildman–Crippen LogP) is 3.85. The Morgan fingerprint density at radius 3 is 2.61 bits per heavy atom. The molecule has 28 heavy (non-hydrogen) atoms. The Kier molecular flexibility index (Phi) is 6.46. The number of thiophene rings is 1. The van der Waals surface area contributed by atoms with Gasteiger partial charge in [-0.1, -0.05) is 13.3 Å². The van der Waals surface area contributed by atoms with E-state index in [2.05, 4.69) is 17.0 Å². The summed E-state index contributed by atoms with van der Waals surface area (Å²) in [6.45, 7) is 1.83. The minimum absolute atomic E-state index is 0.363. The second-order valence-corrected chi connectivity index (χ2v) is 7.91. The van der Waals surface area contributed by atoms with E-state index in [1.54, 1.807) is 24.3 Å². The number of hydrogen-bond acceptors (Lipinski definition) is 6. The molecular formula is C21H23NO5S. The molecule has 6 nitrogen and oxygen atoms in total. The number of carbonyl (C=O) groups is 3. The lowest BCUT2D eigenvalue weighted by Gasteiger charge is -2.19. The van der Waals surface area contributed by atoms with Crippen molar-refractivity contribution < 1.29 is 23.9 Å². The van der Waals surface area contributed by atoms with Crippen LogP contribution in [0.4, 0.5) is 5.69 Å². The van der Waals surface area contributed by atoms with Crippen LogP contribution < -0.4 is 5.32 Å². The van der Waals surface area contributed by atoms with Crippen LogP contribution in [-0.2, 0) is 27.1 Å². The molecule has 1 N–H and O–H groups in total. The zero-order chi connectivity index (χ0) is 20.1. The molecule has 0 bridgehead atoms. The van der Waals surface area contributed by atoms with Gasteiger partial charge in [-0.05, 0) is 61.1 Å². The normalized spacial score (nSPS) is 15.4. The molecular weight excluding hydrogens is 378 g/mol. The molecule has 0 aliphatic heterocycles. The molecule has 3 rings (SSSR count). The number of ether oxygens (including phenoxy) is 2. The fourth-order valence-electron chi connectivity index (χ4n) is 3.25. The SMILES string of the molecule is CC[C@H]1CCc2sc(C(=O)OCC(=O)Nc3ccc(C(=O)OC)cc3)cc2C1. The second-order valence-electron chi connectivity index (χ2n) is 6.77. The van der Waals surface area contributed by atoms with Crippen molar-refractivity contribution in [3.05, 3.63) is 51.2 Å². The van der Waals surface area contributed by atoms with Gasteiger partial charge in [0.1, 0.15) is 4.88 Å². The monoisotopic (exact) mass is 401 g/mol. The number of amides is 1. The summed E-state index contributed by atoms with van der Waals surface area (Å²) in [5.41, 5.74) is 2.13. The van der Waals surface area contributed by atoms with Crippen LogP contribution >= 0.6 is 11.3 Å². The van der Waals surface area contributed by atoms with Crippen LogP contribution in [0.3, 0.4) is 0 Å². The van der Waals surface area contributed by atoms with E-state index < -0.39 is 17.8 Å². The number of benzene rings is 1. The van der Waals surface area contributed by atoms with E-state index in [4.69, 9.17) is 4.74 Å². The van der Waals surface area contributed by atoms with Gasteiger partial charge >= 0.3 is 11.9 Å². The molecule has 0 spiro atoms. The number of methoxy groups -OCH3 is 1. The van der Waals surface area contributed by atoms with Crippen molar-refractivity contribution in [2.45, 2.75) is 32.6 Å². The highest BCUT2D eigenvalue weighted by molar-refractivity contribution is 7.14. The van der Waals surface area contributed by atoms with E-state index in [0.717, 1.165) is 25.7 Å². The number of hydrogen-bond donors (Lipinski definition) is 1. The molecule has 1 aliphatic carbocycles. The highest BCUT2D eigenvalue weighted by atomic mass is 32.1. The fraction of sp³-hybridized carbons (Fsp3) is 0.381. The molecule has 1 aliphatic rings. The summed E-state index contributed by atoms with van der Waals surface area (Å²) in [4.78, 5) is 37.5. The molecule has 1 atom stereocenters. The Hall–Kier alpha value is -2.67. The van der Waals surface area contributed by atoms with E-state index in [0.29, 0.717) is 22.0 Å². The lowest BCUT2D eigenvalue weighted by Crippen LogP contribution is -2.20. The van der Waals surface area contributed by atoms with Gasteiger partial charge in [0.25, 0.3) is 5.91 Å². The first-order valence-corrected chi connectivity index (χ1v) is 10.1. The van der Waals surface area contributed by atoms with Gasteiger partial charge in [-0.25, -0.2) is 9.59 Å². The number of esters is 2. The van der Waals surface area contributed by atoms with Gasteiger partial charge in [0, 0.05) is 10.6 Å². The van der Waals surface area contributed by atoms with Crippen molar-refractivity contribution in [3.8, 4) is 0 Å². The molecule has 1 heterocycles. The van der Waals surface area contributed by atoms with Crippen molar-refractivity contribution in [2.24, 2.45) is 5.92 Å². The van der Waals surface area contributed by atoms with Crippen molar-refractivity contribution in [1.29, 1.82) is 0 Å². The van der Waals surface area contributed by atoms with Gasteiger partial charge in [0.05, 0.1) is 12.7 Å². The van der Waals surface area contributed by atoms with E-state index in [9.17, 15) is 14.4 Å². The summed E-state index contributed by atoms with van der Waals surface area (Å²) >= 11 is 1.47. The average molecular weight is 401 g/mol. The summed E-state index contributed by atoms with van der Waals surface area (Å²) in [5, 5.41) is 2.63. The number of anilines is 1.